The fraction of sp³-hybridized carbons (Fsp3) is 0.592. The third kappa shape index (κ3) is 61.8. The van der Waals surface area contributed by atoms with Gasteiger partial charge in [-0.15, -0.1) is 0 Å². The maximum atomic E-state index is 12.9. The van der Waals surface area contributed by atoms with Gasteiger partial charge in [0.25, 0.3) is 0 Å². The molecular weight excluding hydrogens is 949 g/mol. The molecule has 0 spiro atoms. The number of unbranched alkanes of at least 4 members (excludes halogenated alkanes) is 17. The summed E-state index contributed by atoms with van der Waals surface area (Å²) < 4.78 is 16.9. The number of rotatable bonds is 54. The molecule has 0 radical (unpaired) electrons. The van der Waals surface area contributed by atoms with Crippen molar-refractivity contribution in [3.05, 3.63) is 158 Å². The van der Waals surface area contributed by atoms with Crippen LogP contribution in [0.25, 0.3) is 0 Å². The summed E-state index contributed by atoms with van der Waals surface area (Å²) in [7, 11) is 0. The van der Waals surface area contributed by atoms with E-state index < -0.39 is 6.10 Å². The van der Waals surface area contributed by atoms with Crippen molar-refractivity contribution in [1.82, 2.24) is 0 Å². The van der Waals surface area contributed by atoms with Crippen LogP contribution in [0, 0.1) is 0 Å². The summed E-state index contributed by atoms with van der Waals surface area (Å²) in [5.41, 5.74) is 0. The predicted octanol–water partition coefficient (Wildman–Crippen LogP) is 21.3. The topological polar surface area (TPSA) is 78.9 Å². The van der Waals surface area contributed by atoms with E-state index in [-0.39, 0.29) is 31.1 Å². The monoisotopic (exact) mass is 1060 g/mol. The Morgan fingerprint density at radius 3 is 0.753 bits per heavy atom. The van der Waals surface area contributed by atoms with Crippen LogP contribution in [0.15, 0.2) is 158 Å². The summed E-state index contributed by atoms with van der Waals surface area (Å²) in [6.07, 6.45) is 92.4. The van der Waals surface area contributed by atoms with Crippen molar-refractivity contribution in [3.63, 3.8) is 0 Å². The molecule has 6 nitrogen and oxygen atoms in total. The van der Waals surface area contributed by atoms with Crippen LogP contribution in [0.2, 0.25) is 0 Å². The van der Waals surface area contributed by atoms with Gasteiger partial charge in [0.15, 0.2) is 6.10 Å². The quantitative estimate of drug-likeness (QED) is 0.0261. The van der Waals surface area contributed by atoms with E-state index in [1.54, 1.807) is 0 Å². The second-order valence-electron chi connectivity index (χ2n) is 19.8. The SMILES string of the molecule is CC/C=C\C/C=C\C/C=C\C/C=C\C/C=C\C/C=C\CCCCCCCCCCC(=O)OCC(COC(=O)CCCC/C=C\C/C=C\C/C=C\C/C=C\CC)OC(=O)CCCCCCCCC/C=C\C/C=C\C/C=C\CC. The molecule has 0 aliphatic heterocycles. The first-order valence-electron chi connectivity index (χ1n) is 31.0. The fourth-order valence-electron chi connectivity index (χ4n) is 7.98. The van der Waals surface area contributed by atoms with Crippen LogP contribution in [-0.2, 0) is 28.6 Å². The molecule has 432 valence electrons. The summed E-state index contributed by atoms with van der Waals surface area (Å²) in [5.74, 6) is -0.971. The van der Waals surface area contributed by atoms with E-state index in [2.05, 4.69) is 179 Å². The summed E-state index contributed by atoms with van der Waals surface area (Å²) in [6.45, 7) is 6.24. The van der Waals surface area contributed by atoms with E-state index in [1.165, 1.54) is 51.4 Å². The molecule has 0 aliphatic rings. The molecule has 0 aromatic heterocycles. The second-order valence-corrected chi connectivity index (χ2v) is 19.8. The van der Waals surface area contributed by atoms with E-state index in [4.69, 9.17) is 14.2 Å². The van der Waals surface area contributed by atoms with Crippen molar-refractivity contribution < 1.29 is 28.6 Å². The highest BCUT2D eigenvalue weighted by Crippen LogP contribution is 2.14. The van der Waals surface area contributed by atoms with E-state index in [9.17, 15) is 14.4 Å². The van der Waals surface area contributed by atoms with Gasteiger partial charge < -0.3 is 14.2 Å². The molecular formula is C71H112O6. The van der Waals surface area contributed by atoms with Crippen LogP contribution in [-0.4, -0.2) is 37.2 Å². The number of esters is 3. The standard InChI is InChI=1S/C71H112O6/c1-4-7-10-13-16-19-22-25-28-30-31-32-33-34-35-36-37-38-39-41-43-46-49-52-55-58-61-64-70(73)76-67-68(66-75-69(72)63-60-57-54-51-48-45-42-27-24-21-18-15-12-9-6-3)77-71(74)65-62-59-56-53-50-47-44-40-29-26-23-20-17-14-11-8-5-2/h7-12,16-21,25-29,31-32,34-35,37-38,42,48,51,68H,4-6,13-15,22-24,30,33,36,39-41,43-47,49-50,52-67H2,1-3H3/b10-7-,11-8-,12-9-,19-16-,20-17-,21-18-,28-25-,29-26-,32-31-,35-34-,38-37-,42-27-,51-48-. The average Bonchev–Trinajstić information content (AvgIpc) is 3.43. The van der Waals surface area contributed by atoms with Gasteiger partial charge in [-0.25, -0.2) is 0 Å². The highest BCUT2D eigenvalue weighted by molar-refractivity contribution is 5.71. The third-order valence-corrected chi connectivity index (χ3v) is 12.5. The Kier molecular flexibility index (Phi) is 59.5. The Hall–Kier alpha value is -4.97. The first kappa shape index (κ1) is 72.0. The molecule has 0 aliphatic carbocycles. The number of hydrogen-bond acceptors (Lipinski definition) is 6. The highest BCUT2D eigenvalue weighted by atomic mass is 16.6. The first-order chi connectivity index (χ1) is 38.0. The van der Waals surface area contributed by atoms with Gasteiger partial charge in [0.1, 0.15) is 13.2 Å². The Morgan fingerprint density at radius 1 is 0.260 bits per heavy atom. The van der Waals surface area contributed by atoms with Crippen molar-refractivity contribution in [3.8, 4) is 0 Å². The molecule has 0 aromatic carbocycles. The van der Waals surface area contributed by atoms with Gasteiger partial charge in [-0.3, -0.25) is 14.4 Å². The molecule has 0 saturated heterocycles. The zero-order valence-corrected chi connectivity index (χ0v) is 49.4. The lowest BCUT2D eigenvalue weighted by molar-refractivity contribution is -0.167. The van der Waals surface area contributed by atoms with Gasteiger partial charge in [-0.1, -0.05) is 249 Å². The zero-order chi connectivity index (χ0) is 55.7. The molecule has 0 bridgehead atoms. The van der Waals surface area contributed by atoms with Crippen LogP contribution in [0.1, 0.15) is 252 Å². The zero-order valence-electron chi connectivity index (χ0n) is 49.4. The minimum absolute atomic E-state index is 0.106. The molecule has 0 saturated carbocycles. The smallest absolute Gasteiger partial charge is 0.306 e. The van der Waals surface area contributed by atoms with Gasteiger partial charge >= 0.3 is 17.9 Å². The van der Waals surface area contributed by atoms with Crippen LogP contribution in [0.5, 0.6) is 0 Å². The van der Waals surface area contributed by atoms with Gasteiger partial charge in [-0.05, 0) is 141 Å². The lowest BCUT2D eigenvalue weighted by atomic mass is 10.1. The van der Waals surface area contributed by atoms with Crippen LogP contribution in [0.4, 0.5) is 0 Å². The second kappa shape index (κ2) is 63.6. The van der Waals surface area contributed by atoms with E-state index in [0.717, 1.165) is 154 Å². The summed E-state index contributed by atoms with van der Waals surface area (Å²) >= 11 is 0. The largest absolute Gasteiger partial charge is 0.462 e. The molecule has 1 atom stereocenters. The van der Waals surface area contributed by atoms with E-state index in [1.807, 2.05) is 0 Å². The van der Waals surface area contributed by atoms with Crippen LogP contribution < -0.4 is 0 Å². The van der Waals surface area contributed by atoms with Gasteiger partial charge in [0.2, 0.25) is 0 Å². The molecule has 0 aromatic rings. The molecule has 0 rings (SSSR count). The van der Waals surface area contributed by atoms with Crippen LogP contribution in [0.3, 0.4) is 0 Å². The predicted molar refractivity (Wildman–Crippen MR) is 334 cm³/mol. The number of ether oxygens (including phenoxy) is 3. The lowest BCUT2D eigenvalue weighted by Crippen LogP contribution is -2.30. The average molecular weight is 1060 g/mol. The number of allylic oxidation sites excluding steroid dienone is 26. The van der Waals surface area contributed by atoms with Gasteiger partial charge in [0.05, 0.1) is 0 Å². The molecule has 77 heavy (non-hydrogen) atoms. The van der Waals surface area contributed by atoms with Crippen LogP contribution >= 0.6 is 0 Å². The van der Waals surface area contributed by atoms with E-state index in [0.29, 0.717) is 25.7 Å². The minimum Gasteiger partial charge on any atom is -0.462 e. The lowest BCUT2D eigenvalue weighted by Gasteiger charge is -2.18. The van der Waals surface area contributed by atoms with Gasteiger partial charge in [-0.2, -0.15) is 0 Å². The summed E-state index contributed by atoms with van der Waals surface area (Å²) in [5, 5.41) is 0. The number of carbonyl (C=O) groups excluding carboxylic acids is 3. The molecule has 1 unspecified atom stereocenters. The minimum atomic E-state index is -0.813. The molecule has 6 heteroatoms. The Bertz CT molecular complexity index is 1740. The normalized spacial score (nSPS) is 13.2. The van der Waals surface area contributed by atoms with Crippen molar-refractivity contribution in [2.45, 2.75) is 258 Å². The Morgan fingerprint density at radius 2 is 0.468 bits per heavy atom. The Labute approximate surface area is 473 Å². The maximum absolute atomic E-state index is 12.9. The Balaban J connectivity index is 4.43. The fourth-order valence-corrected chi connectivity index (χ4v) is 7.98. The first-order valence-corrected chi connectivity index (χ1v) is 31.0. The summed E-state index contributed by atoms with van der Waals surface area (Å²) in [6, 6.07) is 0. The molecule has 0 amide bonds. The molecule has 0 fully saturated rings. The van der Waals surface area contributed by atoms with Crippen molar-refractivity contribution in [2.24, 2.45) is 0 Å². The number of hydrogen-bond donors (Lipinski definition) is 0. The van der Waals surface area contributed by atoms with Crippen molar-refractivity contribution in [2.75, 3.05) is 13.2 Å². The molecule has 0 heterocycles. The number of carbonyl (C=O) groups is 3. The maximum Gasteiger partial charge on any atom is 0.306 e. The molecule has 0 N–H and O–H groups in total. The summed E-state index contributed by atoms with van der Waals surface area (Å²) in [4.78, 5) is 38.3. The van der Waals surface area contributed by atoms with Gasteiger partial charge in [0, 0.05) is 19.3 Å². The van der Waals surface area contributed by atoms with E-state index >= 15 is 0 Å². The third-order valence-electron chi connectivity index (χ3n) is 12.5. The highest BCUT2D eigenvalue weighted by Gasteiger charge is 2.19. The van der Waals surface area contributed by atoms with Crippen molar-refractivity contribution in [1.29, 1.82) is 0 Å². The van der Waals surface area contributed by atoms with Crippen molar-refractivity contribution >= 4 is 17.9 Å².